The standard InChI is InChI=1S/C17H13ClN2O3/c1-3-20(2)17(21)12-10-19-6-4-14(12)23-16-8-11-5-7-22-15(11)9-13(16)18/h4,6,8-10H,3H2,1-2H3. The number of halogens is 1. The molecule has 1 amide bonds. The lowest BCUT2D eigenvalue weighted by Gasteiger charge is -2.17. The Morgan fingerprint density at radius 1 is 1.43 bits per heavy atom. The largest absolute Gasteiger partial charge is 0.455 e. The summed E-state index contributed by atoms with van der Waals surface area (Å²) in [7, 11) is 1.72. The Kier molecular flexibility index (Phi) is 4.09. The SMILES string of the molecule is CCN(C)C(=O)c1cnccc1Oc1cc2c#coc2cc1Cl. The van der Waals surface area contributed by atoms with Gasteiger partial charge in [0.1, 0.15) is 23.3 Å². The highest BCUT2D eigenvalue weighted by atomic mass is 35.5. The molecule has 3 aromatic rings. The molecule has 0 atom stereocenters. The Labute approximate surface area is 138 Å². The average Bonchev–Trinajstić information content (AvgIpc) is 3.01. The van der Waals surface area contributed by atoms with E-state index in [-0.39, 0.29) is 5.91 Å². The number of rotatable bonds is 4. The summed E-state index contributed by atoms with van der Waals surface area (Å²) in [6.45, 7) is 2.48. The van der Waals surface area contributed by atoms with Crippen LogP contribution in [0.25, 0.3) is 11.0 Å². The minimum absolute atomic E-state index is 0.170. The third kappa shape index (κ3) is 2.94. The van der Waals surface area contributed by atoms with Gasteiger partial charge in [-0.3, -0.25) is 9.78 Å². The van der Waals surface area contributed by atoms with Crippen molar-refractivity contribution in [3.63, 3.8) is 0 Å². The molecule has 0 N–H and O–H groups in total. The molecule has 2 aromatic heterocycles. The molecule has 6 heteroatoms. The van der Waals surface area contributed by atoms with Gasteiger partial charge in [0, 0.05) is 38.1 Å². The second-order valence-electron chi connectivity index (χ2n) is 4.90. The van der Waals surface area contributed by atoms with Crippen molar-refractivity contribution < 1.29 is 13.9 Å². The van der Waals surface area contributed by atoms with Crippen molar-refractivity contribution in [3.8, 4) is 11.5 Å². The molecule has 23 heavy (non-hydrogen) atoms. The predicted molar refractivity (Wildman–Crippen MR) is 85.8 cm³/mol. The van der Waals surface area contributed by atoms with E-state index in [9.17, 15) is 4.79 Å². The van der Waals surface area contributed by atoms with Crippen molar-refractivity contribution in [2.24, 2.45) is 0 Å². The number of amides is 1. The van der Waals surface area contributed by atoms with Gasteiger partial charge in [0.2, 0.25) is 0 Å². The van der Waals surface area contributed by atoms with Gasteiger partial charge in [-0.25, -0.2) is 0 Å². The Bertz CT molecular complexity index is 860. The number of nitrogens with zero attached hydrogens (tertiary/aromatic N) is 2. The first-order valence-electron chi connectivity index (χ1n) is 6.99. The second-order valence-corrected chi connectivity index (χ2v) is 5.31. The van der Waals surface area contributed by atoms with Crippen LogP contribution in [0.5, 0.6) is 11.5 Å². The van der Waals surface area contributed by atoms with E-state index >= 15 is 0 Å². The molecule has 0 aliphatic carbocycles. The Hall–Kier alpha value is -2.71. The van der Waals surface area contributed by atoms with E-state index in [1.54, 1.807) is 36.3 Å². The van der Waals surface area contributed by atoms with Gasteiger partial charge in [0.15, 0.2) is 5.58 Å². The third-order valence-electron chi connectivity index (χ3n) is 3.43. The molecule has 0 saturated carbocycles. The highest BCUT2D eigenvalue weighted by Gasteiger charge is 2.18. The van der Waals surface area contributed by atoms with Gasteiger partial charge < -0.3 is 14.1 Å². The highest BCUT2D eigenvalue weighted by Crippen LogP contribution is 2.34. The summed E-state index contributed by atoms with van der Waals surface area (Å²) in [5.74, 6) is 0.625. The van der Waals surface area contributed by atoms with E-state index < -0.39 is 0 Å². The Morgan fingerprint density at radius 2 is 2.26 bits per heavy atom. The fourth-order valence-electron chi connectivity index (χ4n) is 2.03. The molecule has 0 aliphatic rings. The van der Waals surface area contributed by atoms with E-state index in [2.05, 4.69) is 17.3 Å². The fraction of sp³-hybridized carbons (Fsp3) is 0.176. The molecule has 0 bridgehead atoms. The van der Waals surface area contributed by atoms with Crippen molar-refractivity contribution in [1.82, 2.24) is 9.88 Å². The molecule has 0 saturated heterocycles. The third-order valence-corrected chi connectivity index (χ3v) is 3.73. The average molecular weight is 329 g/mol. The van der Waals surface area contributed by atoms with Crippen molar-refractivity contribution in [3.05, 3.63) is 53.5 Å². The minimum Gasteiger partial charge on any atom is -0.455 e. The zero-order valence-corrected chi connectivity index (χ0v) is 13.3. The maximum atomic E-state index is 12.4. The molecule has 5 nitrogen and oxygen atoms in total. The summed E-state index contributed by atoms with van der Waals surface area (Å²) in [6.07, 6.45) is 5.56. The van der Waals surface area contributed by atoms with Crippen LogP contribution in [0.4, 0.5) is 0 Å². The van der Waals surface area contributed by atoms with E-state index in [1.165, 1.54) is 6.20 Å². The normalized spacial score (nSPS) is 10.4. The summed E-state index contributed by atoms with van der Waals surface area (Å²) in [5, 5.41) is 1.06. The maximum Gasteiger partial charge on any atom is 0.258 e. The Morgan fingerprint density at radius 3 is 3.04 bits per heavy atom. The van der Waals surface area contributed by atoms with Crippen LogP contribution in [0.3, 0.4) is 0 Å². The molecule has 0 spiro atoms. The lowest BCUT2D eigenvalue weighted by Crippen LogP contribution is -2.26. The van der Waals surface area contributed by atoms with Gasteiger partial charge in [0.25, 0.3) is 5.91 Å². The summed E-state index contributed by atoms with van der Waals surface area (Å²) < 4.78 is 11.0. The molecular formula is C17H13ClN2O3. The molecule has 0 fully saturated rings. The van der Waals surface area contributed by atoms with Crippen LogP contribution >= 0.6 is 11.6 Å². The lowest BCUT2D eigenvalue weighted by molar-refractivity contribution is 0.0799. The Balaban J connectivity index is 1.99. The first-order valence-corrected chi connectivity index (χ1v) is 7.36. The van der Waals surface area contributed by atoms with E-state index in [1.807, 2.05) is 6.92 Å². The van der Waals surface area contributed by atoms with Gasteiger partial charge in [-0.05, 0) is 19.1 Å². The zero-order chi connectivity index (χ0) is 16.4. The number of carbonyl (C=O) groups excluding carboxylic acids is 1. The molecule has 2 heterocycles. The van der Waals surface area contributed by atoms with Crippen LogP contribution in [0.15, 0.2) is 35.0 Å². The molecule has 1 aromatic carbocycles. The van der Waals surface area contributed by atoms with Crippen LogP contribution in [0.2, 0.25) is 5.02 Å². The highest BCUT2D eigenvalue weighted by molar-refractivity contribution is 6.32. The molecule has 0 radical (unpaired) electrons. The minimum atomic E-state index is -0.170. The number of carbonyl (C=O) groups is 1. The number of aromatic nitrogens is 1. The first kappa shape index (κ1) is 15.2. The predicted octanol–water partition coefficient (Wildman–Crippen LogP) is 3.97. The van der Waals surface area contributed by atoms with Crippen LogP contribution in [0, 0.1) is 12.3 Å². The fourth-order valence-corrected chi connectivity index (χ4v) is 2.22. The van der Waals surface area contributed by atoms with Crippen LogP contribution in [0.1, 0.15) is 17.3 Å². The van der Waals surface area contributed by atoms with E-state index in [4.69, 9.17) is 20.8 Å². The number of hydrogen-bond acceptors (Lipinski definition) is 4. The second kappa shape index (κ2) is 6.19. The smallest absolute Gasteiger partial charge is 0.258 e. The topological polar surface area (TPSA) is 55.6 Å². The molecule has 3 rings (SSSR count). The van der Waals surface area contributed by atoms with Gasteiger partial charge in [-0.1, -0.05) is 11.6 Å². The van der Waals surface area contributed by atoms with E-state index in [0.29, 0.717) is 39.6 Å². The van der Waals surface area contributed by atoms with Crippen molar-refractivity contribution in [2.45, 2.75) is 6.92 Å². The number of pyridine rings is 1. The lowest BCUT2D eigenvalue weighted by atomic mass is 10.2. The number of ether oxygens (including phenoxy) is 1. The summed E-state index contributed by atoms with van der Waals surface area (Å²) in [4.78, 5) is 18.0. The van der Waals surface area contributed by atoms with E-state index in [0.717, 1.165) is 0 Å². The van der Waals surface area contributed by atoms with Crippen LogP contribution in [-0.4, -0.2) is 29.4 Å². The van der Waals surface area contributed by atoms with Gasteiger partial charge >= 0.3 is 0 Å². The molecule has 0 unspecified atom stereocenters. The monoisotopic (exact) mass is 328 g/mol. The first-order chi connectivity index (χ1) is 11.1. The quantitative estimate of drug-likeness (QED) is 0.727. The number of benzene rings is 1. The molecular weight excluding hydrogens is 316 g/mol. The van der Waals surface area contributed by atoms with Crippen molar-refractivity contribution in [2.75, 3.05) is 13.6 Å². The van der Waals surface area contributed by atoms with Crippen LogP contribution in [-0.2, 0) is 0 Å². The molecule has 116 valence electrons. The number of fused-ring (bicyclic) bond motifs is 1. The van der Waals surface area contributed by atoms with Gasteiger partial charge in [0.05, 0.1) is 10.4 Å². The van der Waals surface area contributed by atoms with Crippen LogP contribution < -0.4 is 4.74 Å². The van der Waals surface area contributed by atoms with Gasteiger partial charge in [-0.2, -0.15) is 0 Å². The maximum absolute atomic E-state index is 12.4. The summed E-state index contributed by atoms with van der Waals surface area (Å²) in [6, 6.07) is 7.76. The van der Waals surface area contributed by atoms with Crippen molar-refractivity contribution >= 4 is 28.5 Å². The molecule has 0 aliphatic heterocycles. The zero-order valence-electron chi connectivity index (χ0n) is 12.6. The van der Waals surface area contributed by atoms with Gasteiger partial charge in [-0.15, -0.1) is 0 Å². The summed E-state index contributed by atoms with van der Waals surface area (Å²) in [5.41, 5.74) is 0.940. The summed E-state index contributed by atoms with van der Waals surface area (Å²) >= 11 is 6.21. The number of hydrogen-bond donors (Lipinski definition) is 0. The van der Waals surface area contributed by atoms with Crippen molar-refractivity contribution in [1.29, 1.82) is 0 Å².